The van der Waals surface area contributed by atoms with Gasteiger partial charge in [-0.25, -0.2) is 4.79 Å². The van der Waals surface area contributed by atoms with Crippen LogP contribution in [0.25, 0.3) is 0 Å². The molecule has 0 spiro atoms. The number of nitrogens with one attached hydrogen (secondary N) is 1. The number of ether oxygens (including phenoxy) is 1. The highest BCUT2D eigenvalue weighted by Crippen LogP contribution is 2.20. The normalized spacial score (nSPS) is 12.5. The molecule has 3 heteroatoms. The summed E-state index contributed by atoms with van der Waals surface area (Å²) >= 11 is 0. The van der Waals surface area contributed by atoms with Gasteiger partial charge in [-0.1, -0.05) is 60.2 Å². The predicted octanol–water partition coefficient (Wildman–Crippen LogP) is 4.80. The zero-order valence-corrected chi connectivity index (χ0v) is 14.3. The summed E-state index contributed by atoms with van der Waals surface area (Å²) in [4.78, 5) is 12.2. The van der Waals surface area contributed by atoms with Crippen LogP contribution in [0.1, 0.15) is 43.5 Å². The third-order valence-corrected chi connectivity index (χ3v) is 3.45. The molecule has 122 valence electrons. The van der Waals surface area contributed by atoms with Crippen molar-refractivity contribution < 1.29 is 9.53 Å². The van der Waals surface area contributed by atoms with Crippen molar-refractivity contribution in [2.45, 2.75) is 45.8 Å². The third kappa shape index (κ3) is 5.78. The van der Waals surface area contributed by atoms with Gasteiger partial charge in [0.2, 0.25) is 0 Å². The maximum Gasteiger partial charge on any atom is 0.408 e. The molecule has 1 unspecified atom stereocenters. The van der Waals surface area contributed by atoms with Crippen LogP contribution in [0.4, 0.5) is 4.79 Å². The fourth-order valence-corrected chi connectivity index (χ4v) is 2.35. The minimum Gasteiger partial charge on any atom is -0.444 e. The van der Waals surface area contributed by atoms with Gasteiger partial charge in [-0.15, -0.1) is 0 Å². The first-order valence-electron chi connectivity index (χ1n) is 7.93. The molecular formula is C20H25NO2. The average Bonchev–Trinajstić information content (AvgIpc) is 2.48. The number of benzene rings is 2. The predicted molar refractivity (Wildman–Crippen MR) is 93.4 cm³/mol. The number of amides is 1. The SMILES string of the molecule is Cc1ccc(CC(NC(=O)OC(C)(C)C)c2ccccc2)cc1. The van der Waals surface area contributed by atoms with Crippen molar-refractivity contribution in [3.63, 3.8) is 0 Å². The Morgan fingerprint density at radius 1 is 1.04 bits per heavy atom. The van der Waals surface area contributed by atoms with E-state index in [1.807, 2.05) is 51.1 Å². The van der Waals surface area contributed by atoms with Gasteiger partial charge in [-0.2, -0.15) is 0 Å². The van der Waals surface area contributed by atoms with Gasteiger partial charge in [-0.3, -0.25) is 0 Å². The van der Waals surface area contributed by atoms with E-state index in [2.05, 4.69) is 36.5 Å². The fraction of sp³-hybridized carbons (Fsp3) is 0.350. The molecule has 0 bridgehead atoms. The van der Waals surface area contributed by atoms with E-state index in [0.29, 0.717) is 0 Å². The maximum atomic E-state index is 12.2. The number of hydrogen-bond donors (Lipinski definition) is 1. The number of carbonyl (C=O) groups excluding carboxylic acids is 1. The highest BCUT2D eigenvalue weighted by molar-refractivity contribution is 5.68. The van der Waals surface area contributed by atoms with Gasteiger partial charge in [0, 0.05) is 0 Å². The lowest BCUT2D eigenvalue weighted by atomic mass is 9.98. The maximum absolute atomic E-state index is 12.2. The largest absolute Gasteiger partial charge is 0.444 e. The molecule has 1 atom stereocenters. The average molecular weight is 311 g/mol. The molecule has 0 heterocycles. The summed E-state index contributed by atoms with van der Waals surface area (Å²) in [5.41, 5.74) is 2.97. The molecule has 2 rings (SSSR count). The molecule has 0 radical (unpaired) electrons. The third-order valence-electron chi connectivity index (χ3n) is 3.45. The van der Waals surface area contributed by atoms with Crippen molar-refractivity contribution in [3.05, 3.63) is 71.3 Å². The Bertz CT molecular complexity index is 627. The standard InChI is InChI=1S/C20H25NO2/c1-15-10-12-16(13-11-15)14-18(17-8-6-5-7-9-17)21-19(22)23-20(2,3)4/h5-13,18H,14H2,1-4H3,(H,21,22). The first-order chi connectivity index (χ1) is 10.8. The molecule has 23 heavy (non-hydrogen) atoms. The van der Waals surface area contributed by atoms with E-state index >= 15 is 0 Å². The fourth-order valence-electron chi connectivity index (χ4n) is 2.35. The van der Waals surface area contributed by atoms with Gasteiger partial charge in [0.15, 0.2) is 0 Å². The second kappa shape index (κ2) is 7.32. The van der Waals surface area contributed by atoms with E-state index in [0.717, 1.165) is 12.0 Å². The van der Waals surface area contributed by atoms with Crippen LogP contribution in [0.15, 0.2) is 54.6 Å². The van der Waals surface area contributed by atoms with Crippen molar-refractivity contribution in [1.29, 1.82) is 0 Å². The Balaban J connectivity index is 2.15. The van der Waals surface area contributed by atoms with E-state index in [1.54, 1.807) is 0 Å². The molecule has 2 aromatic rings. The number of rotatable bonds is 4. The monoisotopic (exact) mass is 311 g/mol. The quantitative estimate of drug-likeness (QED) is 0.880. The Morgan fingerprint density at radius 2 is 1.65 bits per heavy atom. The van der Waals surface area contributed by atoms with Crippen molar-refractivity contribution in [1.82, 2.24) is 5.32 Å². The number of carbonyl (C=O) groups is 1. The van der Waals surface area contributed by atoms with Crippen LogP contribution in [0.5, 0.6) is 0 Å². The molecule has 0 aliphatic carbocycles. The van der Waals surface area contributed by atoms with Crippen molar-refractivity contribution in [2.24, 2.45) is 0 Å². The Hall–Kier alpha value is -2.29. The van der Waals surface area contributed by atoms with Crippen LogP contribution in [0.2, 0.25) is 0 Å². The minimum absolute atomic E-state index is 0.117. The smallest absolute Gasteiger partial charge is 0.408 e. The lowest BCUT2D eigenvalue weighted by molar-refractivity contribution is 0.0503. The van der Waals surface area contributed by atoms with Crippen LogP contribution < -0.4 is 5.32 Å². The van der Waals surface area contributed by atoms with Gasteiger partial charge < -0.3 is 10.1 Å². The molecular weight excluding hydrogens is 286 g/mol. The summed E-state index contributed by atoms with van der Waals surface area (Å²) in [7, 11) is 0. The molecule has 0 saturated heterocycles. The molecule has 0 aliphatic heterocycles. The lowest BCUT2D eigenvalue weighted by Gasteiger charge is -2.24. The Labute approximate surface area is 138 Å². The van der Waals surface area contributed by atoms with Crippen LogP contribution in [-0.4, -0.2) is 11.7 Å². The first-order valence-corrected chi connectivity index (χ1v) is 7.93. The number of aryl methyl sites for hydroxylation is 1. The summed E-state index contributed by atoms with van der Waals surface area (Å²) in [6.45, 7) is 7.66. The molecule has 0 aliphatic rings. The molecule has 0 saturated carbocycles. The molecule has 1 N–H and O–H groups in total. The Morgan fingerprint density at radius 3 is 2.22 bits per heavy atom. The lowest BCUT2D eigenvalue weighted by Crippen LogP contribution is -2.35. The molecule has 0 fully saturated rings. The van der Waals surface area contributed by atoms with E-state index < -0.39 is 11.7 Å². The van der Waals surface area contributed by atoms with Crippen LogP contribution in [-0.2, 0) is 11.2 Å². The number of alkyl carbamates (subject to hydrolysis) is 1. The van der Waals surface area contributed by atoms with Crippen LogP contribution in [0, 0.1) is 6.92 Å². The van der Waals surface area contributed by atoms with E-state index in [9.17, 15) is 4.79 Å². The Kier molecular flexibility index (Phi) is 5.43. The first kappa shape index (κ1) is 17.1. The van der Waals surface area contributed by atoms with Crippen molar-refractivity contribution in [3.8, 4) is 0 Å². The molecule has 2 aromatic carbocycles. The van der Waals surface area contributed by atoms with Crippen molar-refractivity contribution in [2.75, 3.05) is 0 Å². The highest BCUT2D eigenvalue weighted by Gasteiger charge is 2.20. The second-order valence-electron chi connectivity index (χ2n) is 6.80. The summed E-state index contributed by atoms with van der Waals surface area (Å²) < 4.78 is 5.40. The summed E-state index contributed by atoms with van der Waals surface area (Å²) in [6.07, 6.45) is 0.335. The van der Waals surface area contributed by atoms with E-state index in [-0.39, 0.29) is 6.04 Å². The van der Waals surface area contributed by atoms with Gasteiger partial charge in [-0.05, 0) is 45.2 Å². The molecule has 1 amide bonds. The second-order valence-corrected chi connectivity index (χ2v) is 6.80. The molecule has 3 nitrogen and oxygen atoms in total. The van der Waals surface area contributed by atoms with E-state index in [4.69, 9.17) is 4.74 Å². The zero-order valence-electron chi connectivity index (χ0n) is 14.3. The summed E-state index contributed by atoms with van der Waals surface area (Å²) in [5, 5.41) is 2.99. The van der Waals surface area contributed by atoms with Gasteiger partial charge in [0.1, 0.15) is 5.60 Å². The van der Waals surface area contributed by atoms with Crippen LogP contribution in [0.3, 0.4) is 0 Å². The van der Waals surface area contributed by atoms with Gasteiger partial charge in [0.25, 0.3) is 0 Å². The van der Waals surface area contributed by atoms with Crippen LogP contribution >= 0.6 is 0 Å². The summed E-state index contributed by atoms with van der Waals surface area (Å²) in [5.74, 6) is 0. The minimum atomic E-state index is -0.505. The summed E-state index contributed by atoms with van der Waals surface area (Å²) in [6, 6.07) is 18.2. The highest BCUT2D eigenvalue weighted by atomic mass is 16.6. The zero-order chi connectivity index (χ0) is 16.9. The topological polar surface area (TPSA) is 38.3 Å². The van der Waals surface area contributed by atoms with Gasteiger partial charge in [0.05, 0.1) is 6.04 Å². The molecule has 0 aromatic heterocycles. The van der Waals surface area contributed by atoms with E-state index in [1.165, 1.54) is 11.1 Å². The van der Waals surface area contributed by atoms with Gasteiger partial charge >= 0.3 is 6.09 Å². The number of hydrogen-bond acceptors (Lipinski definition) is 2. The van der Waals surface area contributed by atoms with Crippen molar-refractivity contribution >= 4 is 6.09 Å².